The Labute approximate surface area is 215 Å². The molecular weight excluding hydrogens is 531 g/mol. The summed E-state index contributed by atoms with van der Waals surface area (Å²) in [5.74, 6) is 1.29. The highest BCUT2D eigenvalue weighted by atomic mass is 127. The van der Waals surface area contributed by atoms with Crippen LogP contribution in [0.15, 0.2) is 17.1 Å². The largest absolute Gasteiger partial charge is 0.356 e. The summed E-state index contributed by atoms with van der Waals surface area (Å²) in [5, 5.41) is 6.69. The van der Waals surface area contributed by atoms with Gasteiger partial charge in [0.15, 0.2) is 5.96 Å². The average molecular weight is 573 g/mol. The lowest BCUT2D eigenvalue weighted by Crippen LogP contribution is -2.46. The monoisotopic (exact) mass is 572 g/mol. The Kier molecular flexibility index (Phi) is 9.99. The number of nitrogens with zero attached hydrogens (tertiary/aromatic N) is 4. The van der Waals surface area contributed by atoms with Crippen LogP contribution in [0.3, 0.4) is 0 Å². The summed E-state index contributed by atoms with van der Waals surface area (Å²) in [5.41, 5.74) is 0. The predicted molar refractivity (Wildman–Crippen MR) is 142 cm³/mol. The molecule has 2 aliphatic carbocycles. The first-order valence-electron chi connectivity index (χ1n) is 12.5. The van der Waals surface area contributed by atoms with Gasteiger partial charge in [-0.25, -0.2) is 0 Å². The van der Waals surface area contributed by atoms with Gasteiger partial charge in [-0.05, 0) is 50.6 Å². The minimum absolute atomic E-state index is 0. The number of likely N-dealkylation sites (tertiary alicyclic amines) is 1. The molecule has 2 saturated heterocycles. The number of hydrogen-bond donors (Lipinski definition) is 2. The Hall–Kier alpha value is -1.20. The maximum Gasteiger partial charge on any atom is 0.233 e. The van der Waals surface area contributed by atoms with Gasteiger partial charge in [0.1, 0.15) is 0 Å². The van der Waals surface area contributed by atoms with Crippen molar-refractivity contribution in [1.29, 1.82) is 0 Å². The minimum atomic E-state index is -0.0876. The number of guanidine groups is 1. The molecule has 4 rings (SSSR count). The van der Waals surface area contributed by atoms with E-state index in [4.69, 9.17) is 0 Å². The van der Waals surface area contributed by atoms with Crippen LogP contribution < -0.4 is 10.6 Å². The van der Waals surface area contributed by atoms with Crippen molar-refractivity contribution in [2.75, 3.05) is 66.0 Å². The second-order valence-electron chi connectivity index (χ2n) is 9.59. The summed E-state index contributed by atoms with van der Waals surface area (Å²) in [4.78, 5) is 36.3. The van der Waals surface area contributed by atoms with Crippen LogP contribution in [-0.4, -0.2) is 98.4 Å². The molecule has 186 valence electrons. The van der Waals surface area contributed by atoms with E-state index in [0.717, 1.165) is 38.3 Å². The molecule has 0 aromatic rings. The molecule has 2 amide bonds. The summed E-state index contributed by atoms with van der Waals surface area (Å²) in [7, 11) is 1.78. The number of amides is 2. The number of nitrogens with one attached hydrogen (secondary N) is 2. The molecule has 2 heterocycles. The molecular formula is C24H41IN6O2. The number of hydrogen-bond acceptors (Lipinski definition) is 5. The van der Waals surface area contributed by atoms with Crippen molar-refractivity contribution in [1.82, 2.24) is 25.3 Å². The number of imide groups is 1. The van der Waals surface area contributed by atoms with E-state index in [2.05, 4.69) is 44.5 Å². The van der Waals surface area contributed by atoms with Gasteiger partial charge < -0.3 is 20.4 Å². The van der Waals surface area contributed by atoms with Crippen molar-refractivity contribution in [2.45, 2.75) is 32.6 Å². The second-order valence-corrected chi connectivity index (χ2v) is 9.59. The van der Waals surface area contributed by atoms with Crippen LogP contribution in [0.25, 0.3) is 0 Å². The Morgan fingerprint density at radius 3 is 2.06 bits per heavy atom. The van der Waals surface area contributed by atoms with Gasteiger partial charge in [-0.1, -0.05) is 19.1 Å². The quantitative estimate of drug-likeness (QED) is 0.103. The number of aliphatic imine (C=N–C) groups is 1. The number of carbonyl (C=O) groups excluding carboxylic acids is 2. The number of allylic oxidation sites excluding steroid dienone is 2. The first kappa shape index (κ1) is 26.4. The third kappa shape index (κ3) is 6.08. The minimum Gasteiger partial charge on any atom is -0.356 e. The van der Waals surface area contributed by atoms with Gasteiger partial charge in [0.25, 0.3) is 0 Å². The van der Waals surface area contributed by atoms with Crippen molar-refractivity contribution in [3.63, 3.8) is 0 Å². The van der Waals surface area contributed by atoms with Crippen LogP contribution in [0.2, 0.25) is 0 Å². The number of piperazine rings is 1. The van der Waals surface area contributed by atoms with Gasteiger partial charge >= 0.3 is 0 Å². The fourth-order valence-corrected chi connectivity index (χ4v) is 5.85. The zero-order valence-corrected chi connectivity index (χ0v) is 22.5. The first-order chi connectivity index (χ1) is 15.6. The van der Waals surface area contributed by atoms with Crippen LogP contribution in [0.4, 0.5) is 0 Å². The third-order valence-electron chi connectivity index (χ3n) is 7.74. The highest BCUT2D eigenvalue weighted by Gasteiger charge is 2.58. The fraction of sp³-hybridized carbons (Fsp3) is 0.792. The molecule has 2 N–H and O–H groups in total. The Balaban J connectivity index is 0.00000306. The van der Waals surface area contributed by atoms with Gasteiger partial charge in [-0.15, -0.1) is 24.0 Å². The van der Waals surface area contributed by atoms with Crippen molar-refractivity contribution in [3.8, 4) is 0 Å². The summed E-state index contributed by atoms with van der Waals surface area (Å²) in [6.45, 7) is 11.4. The van der Waals surface area contributed by atoms with E-state index in [9.17, 15) is 9.59 Å². The molecule has 8 nitrogen and oxygen atoms in total. The smallest absolute Gasteiger partial charge is 0.233 e. The number of unbranched alkanes of at least 4 members (excludes halogenated alkanes) is 1. The average Bonchev–Trinajstić information content (AvgIpc) is 3.50. The normalized spacial score (nSPS) is 29.5. The maximum atomic E-state index is 12.7. The molecule has 4 aliphatic rings. The fourth-order valence-electron chi connectivity index (χ4n) is 5.85. The zero-order valence-electron chi connectivity index (χ0n) is 20.2. The standard InChI is InChI=1S/C24H40N6O2.HI/c1-3-28-13-15-29(16-14-28)11-5-4-9-26-24(25-2)27-10-6-12-30-22(31)20-18-7-8-19(17-18)21(20)23(30)32;/h7-8,18-21H,3-6,9-17H2,1-2H3,(H2,25,26,27);1H. The number of halogens is 1. The molecule has 0 spiro atoms. The van der Waals surface area contributed by atoms with Gasteiger partial charge in [-0.3, -0.25) is 19.5 Å². The topological polar surface area (TPSA) is 80.3 Å². The molecule has 9 heteroatoms. The first-order valence-corrected chi connectivity index (χ1v) is 12.5. The van der Waals surface area contributed by atoms with E-state index < -0.39 is 0 Å². The number of carbonyl (C=O) groups is 2. The predicted octanol–water partition coefficient (Wildman–Crippen LogP) is 1.38. The third-order valence-corrected chi connectivity index (χ3v) is 7.74. The highest BCUT2D eigenvalue weighted by Crippen LogP contribution is 2.52. The molecule has 2 aliphatic heterocycles. The van der Waals surface area contributed by atoms with Crippen LogP contribution >= 0.6 is 24.0 Å². The number of likely N-dealkylation sites (N-methyl/N-ethyl adjacent to an activating group) is 1. The lowest BCUT2D eigenvalue weighted by molar-refractivity contribution is -0.140. The molecule has 0 aromatic heterocycles. The molecule has 4 atom stereocenters. The second kappa shape index (κ2) is 12.5. The van der Waals surface area contributed by atoms with E-state index in [0.29, 0.717) is 13.1 Å². The van der Waals surface area contributed by atoms with E-state index in [1.165, 1.54) is 44.0 Å². The van der Waals surface area contributed by atoms with E-state index >= 15 is 0 Å². The molecule has 3 fully saturated rings. The van der Waals surface area contributed by atoms with Gasteiger partial charge in [0, 0.05) is 52.9 Å². The SMILES string of the molecule is CCN1CCN(CCCCNC(=NC)NCCCN2C(=O)C3C4C=CC(C4)C3C2=O)CC1.I. The van der Waals surface area contributed by atoms with Crippen LogP contribution in [-0.2, 0) is 9.59 Å². The molecule has 33 heavy (non-hydrogen) atoms. The molecule has 4 unspecified atom stereocenters. The Morgan fingerprint density at radius 2 is 1.48 bits per heavy atom. The lowest BCUT2D eigenvalue weighted by Gasteiger charge is -2.34. The van der Waals surface area contributed by atoms with Crippen LogP contribution in [0.1, 0.15) is 32.6 Å². The highest BCUT2D eigenvalue weighted by molar-refractivity contribution is 14.0. The lowest BCUT2D eigenvalue weighted by atomic mass is 9.85. The summed E-state index contributed by atoms with van der Waals surface area (Å²) >= 11 is 0. The van der Waals surface area contributed by atoms with E-state index in [1.807, 2.05) is 0 Å². The van der Waals surface area contributed by atoms with Gasteiger partial charge in [0.05, 0.1) is 11.8 Å². The van der Waals surface area contributed by atoms with Gasteiger partial charge in [-0.2, -0.15) is 0 Å². The van der Waals surface area contributed by atoms with Crippen molar-refractivity contribution >= 4 is 41.8 Å². The Bertz CT molecular complexity index is 706. The zero-order chi connectivity index (χ0) is 22.5. The summed E-state index contributed by atoms with van der Waals surface area (Å²) in [6, 6.07) is 0. The molecule has 0 radical (unpaired) electrons. The van der Waals surface area contributed by atoms with E-state index in [-0.39, 0.29) is 59.5 Å². The van der Waals surface area contributed by atoms with Crippen LogP contribution in [0.5, 0.6) is 0 Å². The molecule has 1 saturated carbocycles. The Morgan fingerprint density at radius 1 is 0.909 bits per heavy atom. The molecule has 0 aromatic carbocycles. The van der Waals surface area contributed by atoms with Crippen molar-refractivity contribution in [3.05, 3.63) is 12.2 Å². The number of fused-ring (bicyclic) bond motifs is 5. The maximum absolute atomic E-state index is 12.7. The molecule has 2 bridgehead atoms. The van der Waals surface area contributed by atoms with E-state index in [1.54, 1.807) is 7.05 Å². The van der Waals surface area contributed by atoms with Crippen molar-refractivity contribution < 1.29 is 9.59 Å². The number of rotatable bonds is 10. The van der Waals surface area contributed by atoms with Crippen LogP contribution in [0, 0.1) is 23.7 Å². The van der Waals surface area contributed by atoms with Gasteiger partial charge in [0.2, 0.25) is 11.8 Å². The van der Waals surface area contributed by atoms with Crippen molar-refractivity contribution in [2.24, 2.45) is 28.7 Å². The summed E-state index contributed by atoms with van der Waals surface area (Å²) in [6.07, 6.45) is 8.32. The summed E-state index contributed by atoms with van der Waals surface area (Å²) < 4.78 is 0.